The third kappa shape index (κ3) is 3.41. The lowest BCUT2D eigenvalue weighted by molar-refractivity contribution is 0.0820. The summed E-state index contributed by atoms with van der Waals surface area (Å²) < 4.78 is 23.2. The number of carbonyl (C=O) groups is 1. The van der Waals surface area contributed by atoms with Crippen LogP contribution < -0.4 is 10.5 Å². The van der Waals surface area contributed by atoms with E-state index < -0.39 is 10.0 Å². The Morgan fingerprint density at radius 1 is 1.48 bits per heavy atom. The molecule has 1 aliphatic carbocycles. The van der Waals surface area contributed by atoms with Gasteiger partial charge in [0.2, 0.25) is 10.0 Å². The van der Waals surface area contributed by atoms with Gasteiger partial charge in [0, 0.05) is 10.0 Å². The van der Waals surface area contributed by atoms with E-state index in [4.69, 9.17) is 16.7 Å². The van der Waals surface area contributed by atoms with Crippen LogP contribution >= 0.6 is 27.5 Å². The summed E-state index contributed by atoms with van der Waals surface area (Å²) in [5, 5.41) is 8.25. The van der Waals surface area contributed by atoms with Gasteiger partial charge in [0.1, 0.15) is 0 Å². The zero-order valence-corrected chi connectivity index (χ0v) is 14.6. The molecule has 3 N–H and O–H groups in total. The van der Waals surface area contributed by atoms with Crippen molar-refractivity contribution in [2.75, 3.05) is 0 Å². The van der Waals surface area contributed by atoms with E-state index in [1.807, 2.05) is 6.92 Å². The first-order valence-electron chi connectivity index (χ1n) is 6.53. The Bertz CT molecular complexity index is 681. The normalized spacial score (nSPS) is 17.1. The van der Waals surface area contributed by atoms with Crippen LogP contribution in [0, 0.1) is 0 Å². The Morgan fingerprint density at radius 3 is 2.52 bits per heavy atom. The molecule has 0 heterocycles. The Labute approximate surface area is 137 Å². The van der Waals surface area contributed by atoms with E-state index in [2.05, 4.69) is 21.2 Å². The molecule has 0 unspecified atom stereocenters. The first kappa shape index (κ1) is 16.7. The lowest BCUT2D eigenvalue weighted by Gasteiger charge is -2.42. The van der Waals surface area contributed by atoms with Crippen LogP contribution in [0.5, 0.6) is 0 Å². The Hall–Kier alpha value is -0.630. The van der Waals surface area contributed by atoms with Crippen molar-refractivity contribution in [2.45, 2.75) is 43.0 Å². The van der Waals surface area contributed by atoms with Crippen molar-refractivity contribution in [3.8, 4) is 0 Å². The maximum absolute atomic E-state index is 12.4. The van der Waals surface area contributed by atoms with Gasteiger partial charge in [0.05, 0.1) is 15.5 Å². The van der Waals surface area contributed by atoms with Crippen LogP contribution in [0.1, 0.15) is 43.0 Å². The van der Waals surface area contributed by atoms with E-state index in [-0.39, 0.29) is 26.9 Å². The SMILES string of the molecule is CCC1(NC(=O)c2cc(S(N)(=O)=O)cc(Br)c2Cl)CCC1. The molecule has 1 fully saturated rings. The van der Waals surface area contributed by atoms with Crippen LogP contribution in [-0.4, -0.2) is 19.9 Å². The van der Waals surface area contributed by atoms with Crippen molar-refractivity contribution in [1.29, 1.82) is 0 Å². The number of hydrogen-bond donors (Lipinski definition) is 2. The van der Waals surface area contributed by atoms with E-state index in [1.165, 1.54) is 12.1 Å². The number of nitrogens with two attached hydrogens (primary N) is 1. The van der Waals surface area contributed by atoms with Crippen LogP contribution in [0.3, 0.4) is 0 Å². The van der Waals surface area contributed by atoms with Gasteiger partial charge < -0.3 is 5.32 Å². The van der Waals surface area contributed by atoms with Gasteiger partial charge in [-0.15, -0.1) is 0 Å². The molecular formula is C13H16BrClN2O3S. The molecule has 8 heteroatoms. The second kappa shape index (κ2) is 5.87. The van der Waals surface area contributed by atoms with Gasteiger partial charge in [-0.05, 0) is 53.7 Å². The molecule has 2 rings (SSSR count). The fraction of sp³-hybridized carbons (Fsp3) is 0.462. The minimum atomic E-state index is -3.91. The summed E-state index contributed by atoms with van der Waals surface area (Å²) in [6, 6.07) is 2.49. The molecule has 0 spiro atoms. The van der Waals surface area contributed by atoms with Crippen molar-refractivity contribution < 1.29 is 13.2 Å². The second-order valence-electron chi connectivity index (χ2n) is 5.25. The van der Waals surface area contributed by atoms with Crippen molar-refractivity contribution in [1.82, 2.24) is 5.32 Å². The number of rotatable bonds is 4. The number of sulfonamides is 1. The fourth-order valence-electron chi connectivity index (χ4n) is 2.37. The fourth-order valence-corrected chi connectivity index (χ4v) is 3.74. The van der Waals surface area contributed by atoms with Crippen molar-refractivity contribution in [2.24, 2.45) is 5.14 Å². The first-order chi connectivity index (χ1) is 9.68. The van der Waals surface area contributed by atoms with Gasteiger partial charge in [-0.2, -0.15) is 0 Å². The maximum Gasteiger partial charge on any atom is 0.253 e. The smallest absolute Gasteiger partial charge is 0.253 e. The third-order valence-electron chi connectivity index (χ3n) is 3.94. The number of nitrogens with one attached hydrogen (secondary N) is 1. The zero-order valence-electron chi connectivity index (χ0n) is 11.4. The number of halogens is 2. The zero-order chi connectivity index (χ0) is 15.8. The van der Waals surface area contributed by atoms with E-state index in [1.54, 1.807) is 0 Å². The second-order valence-corrected chi connectivity index (χ2v) is 8.05. The number of hydrogen-bond acceptors (Lipinski definition) is 3. The summed E-state index contributed by atoms with van der Waals surface area (Å²) >= 11 is 9.25. The monoisotopic (exact) mass is 394 g/mol. The van der Waals surface area contributed by atoms with E-state index in [0.717, 1.165) is 25.7 Å². The van der Waals surface area contributed by atoms with Crippen LogP contribution in [0.2, 0.25) is 5.02 Å². The molecule has 21 heavy (non-hydrogen) atoms. The summed E-state index contributed by atoms with van der Waals surface area (Å²) in [7, 11) is -3.91. The minimum Gasteiger partial charge on any atom is -0.347 e. The predicted octanol–water partition coefficient (Wildman–Crippen LogP) is 2.81. The van der Waals surface area contributed by atoms with Gasteiger partial charge in [0.15, 0.2) is 0 Å². The molecule has 0 atom stereocenters. The van der Waals surface area contributed by atoms with Crippen LogP contribution in [0.15, 0.2) is 21.5 Å². The maximum atomic E-state index is 12.4. The number of amides is 1. The molecular weight excluding hydrogens is 380 g/mol. The quantitative estimate of drug-likeness (QED) is 0.821. The Kier molecular flexibility index (Phi) is 4.68. The average Bonchev–Trinajstić information content (AvgIpc) is 2.35. The highest BCUT2D eigenvalue weighted by Crippen LogP contribution is 2.36. The molecule has 116 valence electrons. The lowest BCUT2D eigenvalue weighted by Crippen LogP contribution is -2.53. The van der Waals surface area contributed by atoms with Crippen LogP contribution in [-0.2, 0) is 10.0 Å². The van der Waals surface area contributed by atoms with Gasteiger partial charge in [0.25, 0.3) is 5.91 Å². The molecule has 1 aromatic rings. The molecule has 1 aromatic carbocycles. The molecule has 0 radical (unpaired) electrons. The molecule has 1 amide bonds. The van der Waals surface area contributed by atoms with Crippen LogP contribution in [0.25, 0.3) is 0 Å². The highest BCUT2D eigenvalue weighted by Gasteiger charge is 2.37. The van der Waals surface area contributed by atoms with Crippen LogP contribution in [0.4, 0.5) is 0 Å². The molecule has 0 aliphatic heterocycles. The minimum absolute atomic E-state index is 0.106. The predicted molar refractivity (Wildman–Crippen MR) is 84.9 cm³/mol. The van der Waals surface area contributed by atoms with E-state index in [0.29, 0.717) is 4.47 Å². The highest BCUT2D eigenvalue weighted by atomic mass is 79.9. The highest BCUT2D eigenvalue weighted by molar-refractivity contribution is 9.10. The topological polar surface area (TPSA) is 89.3 Å². The molecule has 0 bridgehead atoms. The molecule has 0 saturated heterocycles. The average molecular weight is 396 g/mol. The number of carbonyl (C=O) groups excluding carboxylic acids is 1. The van der Waals surface area contributed by atoms with E-state index >= 15 is 0 Å². The van der Waals surface area contributed by atoms with Crippen molar-refractivity contribution in [3.63, 3.8) is 0 Å². The summed E-state index contributed by atoms with van der Waals surface area (Å²) in [5.41, 5.74) is -0.0976. The van der Waals surface area contributed by atoms with E-state index in [9.17, 15) is 13.2 Å². The molecule has 0 aromatic heterocycles. The standard InChI is InChI=1S/C13H16BrClN2O3S/c1-2-13(4-3-5-13)17-12(18)9-6-8(21(16,19)20)7-10(14)11(9)15/h6-7H,2-5H2,1H3,(H,17,18)(H2,16,19,20). The lowest BCUT2D eigenvalue weighted by atomic mass is 9.74. The molecule has 1 aliphatic rings. The first-order valence-corrected chi connectivity index (χ1v) is 9.24. The molecule has 5 nitrogen and oxygen atoms in total. The largest absolute Gasteiger partial charge is 0.347 e. The Morgan fingerprint density at radius 2 is 2.10 bits per heavy atom. The number of primary sulfonamides is 1. The van der Waals surface area contributed by atoms with Crippen molar-refractivity contribution >= 4 is 43.5 Å². The third-order valence-corrected chi connectivity index (χ3v) is 6.09. The number of benzene rings is 1. The summed E-state index contributed by atoms with van der Waals surface area (Å²) in [6.45, 7) is 2.01. The van der Waals surface area contributed by atoms with Gasteiger partial charge in [-0.1, -0.05) is 18.5 Å². The summed E-state index contributed by atoms with van der Waals surface area (Å²) in [5.74, 6) is -0.382. The van der Waals surface area contributed by atoms with Gasteiger partial charge in [-0.3, -0.25) is 4.79 Å². The Balaban J connectivity index is 2.39. The molecule has 1 saturated carbocycles. The van der Waals surface area contributed by atoms with Gasteiger partial charge in [-0.25, -0.2) is 13.6 Å². The summed E-state index contributed by atoms with van der Waals surface area (Å²) in [6.07, 6.45) is 3.74. The summed E-state index contributed by atoms with van der Waals surface area (Å²) in [4.78, 5) is 12.3. The van der Waals surface area contributed by atoms with Crippen molar-refractivity contribution in [3.05, 3.63) is 27.2 Å². The van der Waals surface area contributed by atoms with Gasteiger partial charge >= 0.3 is 0 Å².